The minimum absolute atomic E-state index is 0.0163. The first-order valence-corrected chi connectivity index (χ1v) is 7.71. The van der Waals surface area contributed by atoms with Crippen molar-refractivity contribution in [3.8, 4) is 0 Å². The first kappa shape index (κ1) is 15.3. The molecule has 2 fully saturated rings. The van der Waals surface area contributed by atoms with Crippen LogP contribution in [0.25, 0.3) is 0 Å². The summed E-state index contributed by atoms with van der Waals surface area (Å²) >= 11 is 0. The lowest BCUT2D eigenvalue weighted by atomic mass is 10.0. The Morgan fingerprint density at radius 3 is 2.60 bits per heavy atom. The van der Waals surface area contributed by atoms with Gasteiger partial charge in [-0.3, -0.25) is 9.59 Å². The maximum absolute atomic E-state index is 12.3. The van der Waals surface area contributed by atoms with E-state index < -0.39 is 0 Å². The Bertz CT molecular complexity index is 372. The molecular weight excluding hydrogens is 254 g/mol. The van der Waals surface area contributed by atoms with Crippen LogP contribution >= 0.6 is 0 Å². The van der Waals surface area contributed by atoms with E-state index in [1.54, 1.807) is 0 Å². The molecule has 2 rings (SSSR count). The van der Waals surface area contributed by atoms with E-state index >= 15 is 0 Å². The Morgan fingerprint density at radius 2 is 2.00 bits per heavy atom. The maximum atomic E-state index is 12.3. The normalized spacial score (nSPS) is 23.9. The molecule has 2 aliphatic rings. The SMILES string of the molecule is CC(C)(C)NC(=O)CCN1CCCC(NC2CC2)C1=O. The number of hydrogen-bond acceptors (Lipinski definition) is 3. The standard InChI is InChI=1S/C15H27N3O2/c1-15(2,3)17-13(19)8-10-18-9-4-5-12(14(18)20)16-11-6-7-11/h11-12,16H,4-10H2,1-3H3,(H,17,19). The fourth-order valence-corrected chi connectivity index (χ4v) is 2.57. The van der Waals surface area contributed by atoms with Gasteiger partial charge in [0.05, 0.1) is 6.04 Å². The van der Waals surface area contributed by atoms with Crippen molar-refractivity contribution in [1.29, 1.82) is 0 Å². The van der Waals surface area contributed by atoms with E-state index in [9.17, 15) is 9.59 Å². The predicted octanol–water partition coefficient (Wildman–Crippen LogP) is 1.03. The van der Waals surface area contributed by atoms with E-state index in [-0.39, 0.29) is 23.4 Å². The topological polar surface area (TPSA) is 61.4 Å². The van der Waals surface area contributed by atoms with Crippen LogP contribution in [-0.4, -0.2) is 47.4 Å². The van der Waals surface area contributed by atoms with Crippen molar-refractivity contribution < 1.29 is 9.59 Å². The van der Waals surface area contributed by atoms with Gasteiger partial charge in [0.1, 0.15) is 0 Å². The van der Waals surface area contributed by atoms with Crippen LogP contribution in [0.4, 0.5) is 0 Å². The Kier molecular flexibility index (Phi) is 4.68. The molecule has 1 aliphatic heterocycles. The third kappa shape index (κ3) is 4.78. The van der Waals surface area contributed by atoms with Gasteiger partial charge in [-0.05, 0) is 46.5 Å². The lowest BCUT2D eigenvalue weighted by Gasteiger charge is -2.33. The van der Waals surface area contributed by atoms with Gasteiger partial charge in [0.2, 0.25) is 11.8 Å². The molecule has 5 heteroatoms. The molecule has 114 valence electrons. The minimum atomic E-state index is -0.209. The first-order chi connectivity index (χ1) is 9.35. The molecule has 1 saturated carbocycles. The fourth-order valence-electron chi connectivity index (χ4n) is 2.57. The number of amides is 2. The van der Waals surface area contributed by atoms with Crippen molar-refractivity contribution in [2.24, 2.45) is 0 Å². The molecule has 0 aromatic carbocycles. The monoisotopic (exact) mass is 281 g/mol. The van der Waals surface area contributed by atoms with E-state index in [4.69, 9.17) is 0 Å². The van der Waals surface area contributed by atoms with E-state index in [1.807, 2.05) is 25.7 Å². The molecule has 1 unspecified atom stereocenters. The van der Waals surface area contributed by atoms with Crippen LogP contribution in [0.1, 0.15) is 52.9 Å². The van der Waals surface area contributed by atoms with Crippen LogP contribution < -0.4 is 10.6 Å². The summed E-state index contributed by atoms with van der Waals surface area (Å²) in [6.07, 6.45) is 4.73. The van der Waals surface area contributed by atoms with Gasteiger partial charge in [-0.2, -0.15) is 0 Å². The Labute approximate surface area is 121 Å². The number of carbonyl (C=O) groups excluding carboxylic acids is 2. The molecule has 0 aromatic rings. The molecule has 5 nitrogen and oxygen atoms in total. The van der Waals surface area contributed by atoms with Gasteiger partial charge < -0.3 is 15.5 Å². The van der Waals surface area contributed by atoms with Crippen LogP contribution in [0.5, 0.6) is 0 Å². The molecule has 1 atom stereocenters. The van der Waals surface area contributed by atoms with Gasteiger partial charge >= 0.3 is 0 Å². The van der Waals surface area contributed by atoms with Crippen LogP contribution in [0.3, 0.4) is 0 Å². The second-order valence-corrected chi connectivity index (χ2v) is 7.01. The van der Waals surface area contributed by atoms with Crippen molar-refractivity contribution in [3.63, 3.8) is 0 Å². The lowest BCUT2D eigenvalue weighted by molar-refractivity contribution is -0.136. The third-order valence-electron chi connectivity index (χ3n) is 3.67. The quantitative estimate of drug-likeness (QED) is 0.791. The molecule has 20 heavy (non-hydrogen) atoms. The summed E-state index contributed by atoms with van der Waals surface area (Å²) in [5.41, 5.74) is -0.209. The molecule has 0 aromatic heterocycles. The van der Waals surface area contributed by atoms with Crippen molar-refractivity contribution in [3.05, 3.63) is 0 Å². The zero-order valence-electron chi connectivity index (χ0n) is 12.9. The third-order valence-corrected chi connectivity index (χ3v) is 3.67. The largest absolute Gasteiger partial charge is 0.351 e. The average Bonchev–Trinajstić information content (AvgIpc) is 3.12. The van der Waals surface area contributed by atoms with Gasteiger partial charge in [-0.1, -0.05) is 0 Å². The first-order valence-electron chi connectivity index (χ1n) is 7.71. The van der Waals surface area contributed by atoms with Gasteiger partial charge in [-0.15, -0.1) is 0 Å². The highest BCUT2D eigenvalue weighted by Gasteiger charge is 2.33. The minimum Gasteiger partial charge on any atom is -0.351 e. The highest BCUT2D eigenvalue weighted by molar-refractivity contribution is 5.83. The van der Waals surface area contributed by atoms with Crippen molar-refractivity contribution in [2.45, 2.75) is 70.5 Å². The number of rotatable bonds is 5. The van der Waals surface area contributed by atoms with Gasteiger partial charge in [0.25, 0.3) is 0 Å². The summed E-state index contributed by atoms with van der Waals surface area (Å²) in [5.74, 6) is 0.189. The molecule has 1 saturated heterocycles. The zero-order valence-corrected chi connectivity index (χ0v) is 12.9. The van der Waals surface area contributed by atoms with Crippen LogP contribution in [-0.2, 0) is 9.59 Å². The Balaban J connectivity index is 1.76. The number of hydrogen-bond donors (Lipinski definition) is 2. The fraction of sp³-hybridized carbons (Fsp3) is 0.867. The molecule has 2 N–H and O–H groups in total. The predicted molar refractivity (Wildman–Crippen MR) is 78.3 cm³/mol. The van der Waals surface area contributed by atoms with Gasteiger partial charge in [0.15, 0.2) is 0 Å². The highest BCUT2D eigenvalue weighted by atomic mass is 16.2. The van der Waals surface area contributed by atoms with E-state index in [1.165, 1.54) is 12.8 Å². The van der Waals surface area contributed by atoms with Gasteiger partial charge in [-0.25, -0.2) is 0 Å². The molecule has 0 spiro atoms. The number of nitrogens with one attached hydrogen (secondary N) is 2. The summed E-state index contributed by atoms with van der Waals surface area (Å²) in [5, 5.41) is 6.34. The van der Waals surface area contributed by atoms with Crippen LogP contribution in [0.15, 0.2) is 0 Å². The Hall–Kier alpha value is -1.10. The summed E-state index contributed by atoms with van der Waals surface area (Å²) in [6.45, 7) is 7.21. The van der Waals surface area contributed by atoms with E-state index in [2.05, 4.69) is 10.6 Å². The highest BCUT2D eigenvalue weighted by Crippen LogP contribution is 2.22. The zero-order chi connectivity index (χ0) is 14.8. The second-order valence-electron chi connectivity index (χ2n) is 7.01. The van der Waals surface area contributed by atoms with E-state index in [0.717, 1.165) is 19.4 Å². The Morgan fingerprint density at radius 1 is 1.30 bits per heavy atom. The smallest absolute Gasteiger partial charge is 0.239 e. The average molecular weight is 281 g/mol. The second kappa shape index (κ2) is 6.12. The summed E-state index contributed by atoms with van der Waals surface area (Å²) in [6, 6.07) is 0.523. The number of piperidine rings is 1. The van der Waals surface area contributed by atoms with Gasteiger partial charge in [0, 0.05) is 31.1 Å². The molecule has 2 amide bonds. The summed E-state index contributed by atoms with van der Waals surface area (Å²) in [4.78, 5) is 26.0. The van der Waals surface area contributed by atoms with Crippen molar-refractivity contribution in [1.82, 2.24) is 15.5 Å². The molecule has 0 bridgehead atoms. The molecule has 1 aliphatic carbocycles. The van der Waals surface area contributed by atoms with Crippen LogP contribution in [0.2, 0.25) is 0 Å². The van der Waals surface area contributed by atoms with Crippen molar-refractivity contribution >= 4 is 11.8 Å². The molecular formula is C15H27N3O2. The summed E-state index contributed by atoms with van der Waals surface area (Å²) in [7, 11) is 0. The number of nitrogens with zero attached hydrogens (tertiary/aromatic N) is 1. The summed E-state index contributed by atoms with van der Waals surface area (Å²) < 4.78 is 0. The van der Waals surface area contributed by atoms with Crippen LogP contribution in [0, 0.1) is 0 Å². The van der Waals surface area contributed by atoms with Crippen molar-refractivity contribution in [2.75, 3.05) is 13.1 Å². The number of carbonyl (C=O) groups is 2. The van der Waals surface area contributed by atoms with E-state index in [0.29, 0.717) is 19.0 Å². The number of likely N-dealkylation sites (tertiary alicyclic amines) is 1. The maximum Gasteiger partial charge on any atom is 0.239 e. The molecule has 0 radical (unpaired) electrons. The molecule has 1 heterocycles. The lowest BCUT2D eigenvalue weighted by Crippen LogP contribution is -2.52.